The van der Waals surface area contributed by atoms with Gasteiger partial charge >= 0.3 is 6.09 Å². The number of methoxy groups -OCH3 is 1. The summed E-state index contributed by atoms with van der Waals surface area (Å²) < 4.78 is 16.6. The average molecular weight is 461 g/mol. The summed E-state index contributed by atoms with van der Waals surface area (Å²) in [4.78, 5) is 13.5. The van der Waals surface area contributed by atoms with Crippen LogP contribution in [0.2, 0.25) is 10.0 Å². The minimum absolute atomic E-state index is 0.0789. The maximum atomic E-state index is 11.8. The van der Waals surface area contributed by atoms with Gasteiger partial charge in [0.05, 0.1) is 12.7 Å². The second kappa shape index (κ2) is 9.62. The molecule has 31 heavy (non-hydrogen) atoms. The highest BCUT2D eigenvalue weighted by Gasteiger charge is 2.31. The number of benzene rings is 2. The first-order valence-corrected chi connectivity index (χ1v) is 10.8. The smallest absolute Gasteiger partial charge is 0.409 e. The number of hydrogen-bond acceptors (Lipinski definition) is 5. The second-order valence-corrected chi connectivity index (χ2v) is 8.26. The van der Waals surface area contributed by atoms with Crippen molar-refractivity contribution in [2.75, 3.05) is 20.2 Å². The number of hydrogen-bond donors (Lipinski definition) is 0. The zero-order valence-corrected chi connectivity index (χ0v) is 18.5. The standard InChI is InChI=1S/C23H22Cl2N2O4/c1-29-23(28)27-9-7-16(8-10-27)21-20(17-11-18(24)13-19(25)12-17)22(26-31-21)30-14-15-5-3-2-4-6-15/h2-6,11-13,16H,7-10,14H2,1H3. The van der Waals surface area contributed by atoms with Crippen LogP contribution in [0.15, 0.2) is 53.1 Å². The SMILES string of the molecule is COC(=O)N1CCC(c2onc(OCc3ccccc3)c2-c2cc(Cl)cc(Cl)c2)CC1. The topological polar surface area (TPSA) is 64.8 Å². The van der Waals surface area contributed by atoms with Crippen molar-refractivity contribution in [2.45, 2.75) is 25.4 Å². The lowest BCUT2D eigenvalue weighted by Gasteiger charge is -2.30. The van der Waals surface area contributed by atoms with Crippen LogP contribution < -0.4 is 4.74 Å². The van der Waals surface area contributed by atoms with Crippen LogP contribution in [0.3, 0.4) is 0 Å². The van der Waals surface area contributed by atoms with Crippen molar-refractivity contribution in [1.82, 2.24) is 10.1 Å². The van der Waals surface area contributed by atoms with Crippen LogP contribution in [0.4, 0.5) is 4.79 Å². The molecule has 1 amide bonds. The number of halogens is 2. The zero-order valence-electron chi connectivity index (χ0n) is 17.0. The number of ether oxygens (including phenoxy) is 2. The minimum atomic E-state index is -0.315. The summed E-state index contributed by atoms with van der Waals surface area (Å²) in [7, 11) is 1.39. The fourth-order valence-corrected chi connectivity index (χ4v) is 4.33. The Morgan fingerprint density at radius 3 is 2.45 bits per heavy atom. The van der Waals surface area contributed by atoms with E-state index in [0.29, 0.717) is 41.4 Å². The molecule has 6 nitrogen and oxygen atoms in total. The van der Waals surface area contributed by atoms with Gasteiger partial charge in [-0.3, -0.25) is 0 Å². The molecule has 0 aliphatic carbocycles. The highest BCUT2D eigenvalue weighted by atomic mass is 35.5. The van der Waals surface area contributed by atoms with Gasteiger partial charge in [-0.15, -0.1) is 0 Å². The van der Waals surface area contributed by atoms with Crippen molar-refractivity contribution < 1.29 is 18.8 Å². The van der Waals surface area contributed by atoms with Crippen LogP contribution in [0, 0.1) is 0 Å². The van der Waals surface area contributed by atoms with Gasteiger partial charge in [0.15, 0.2) is 5.76 Å². The first kappa shape index (κ1) is 21.5. The van der Waals surface area contributed by atoms with E-state index in [2.05, 4.69) is 5.16 Å². The van der Waals surface area contributed by atoms with E-state index in [1.165, 1.54) is 7.11 Å². The maximum absolute atomic E-state index is 11.8. The fraction of sp³-hybridized carbons (Fsp3) is 0.304. The lowest BCUT2D eigenvalue weighted by atomic mass is 9.90. The summed E-state index contributed by atoms with van der Waals surface area (Å²) in [5.74, 6) is 1.19. The van der Waals surface area contributed by atoms with Gasteiger partial charge in [-0.2, -0.15) is 0 Å². The minimum Gasteiger partial charge on any atom is -0.470 e. The molecule has 3 aromatic rings. The van der Waals surface area contributed by atoms with Crippen molar-refractivity contribution >= 4 is 29.3 Å². The van der Waals surface area contributed by atoms with Crippen molar-refractivity contribution in [3.63, 3.8) is 0 Å². The van der Waals surface area contributed by atoms with E-state index in [4.69, 9.17) is 37.2 Å². The molecule has 4 rings (SSSR count). The molecule has 8 heteroatoms. The van der Waals surface area contributed by atoms with Gasteiger partial charge in [0.1, 0.15) is 6.61 Å². The average Bonchev–Trinajstić information content (AvgIpc) is 3.21. The molecule has 2 aromatic carbocycles. The number of aromatic nitrogens is 1. The quantitative estimate of drug-likeness (QED) is 0.455. The monoisotopic (exact) mass is 460 g/mol. The van der Waals surface area contributed by atoms with Gasteiger partial charge in [-0.1, -0.05) is 53.5 Å². The molecule has 0 unspecified atom stereocenters. The predicted molar refractivity (Wildman–Crippen MR) is 119 cm³/mol. The molecule has 162 valence electrons. The van der Waals surface area contributed by atoms with E-state index >= 15 is 0 Å². The summed E-state index contributed by atoms with van der Waals surface area (Å²) in [5, 5.41) is 5.26. The third-order valence-electron chi connectivity index (χ3n) is 5.36. The van der Waals surface area contributed by atoms with Gasteiger partial charge in [0.2, 0.25) is 0 Å². The van der Waals surface area contributed by atoms with Crippen molar-refractivity contribution in [2.24, 2.45) is 0 Å². The Kier molecular flexibility index (Phi) is 6.68. The number of piperidine rings is 1. The van der Waals surface area contributed by atoms with Gasteiger partial charge in [-0.25, -0.2) is 4.79 Å². The lowest BCUT2D eigenvalue weighted by Crippen LogP contribution is -2.37. The molecule has 0 saturated carbocycles. The highest BCUT2D eigenvalue weighted by molar-refractivity contribution is 6.35. The summed E-state index contributed by atoms with van der Waals surface area (Å²) in [5.41, 5.74) is 2.55. The van der Waals surface area contributed by atoms with Gasteiger partial charge in [0, 0.05) is 29.1 Å². The van der Waals surface area contributed by atoms with E-state index in [9.17, 15) is 4.79 Å². The summed E-state index contributed by atoms with van der Waals surface area (Å²) in [6, 6.07) is 15.2. The number of carbonyl (C=O) groups is 1. The molecule has 1 aliphatic heterocycles. The Balaban J connectivity index is 1.64. The molecule has 0 bridgehead atoms. The van der Waals surface area contributed by atoms with Crippen molar-refractivity contribution in [3.8, 4) is 17.0 Å². The Morgan fingerprint density at radius 1 is 1.13 bits per heavy atom. The Labute approximate surface area is 190 Å². The van der Waals surface area contributed by atoms with Crippen molar-refractivity contribution in [1.29, 1.82) is 0 Å². The van der Waals surface area contributed by atoms with E-state index in [0.717, 1.165) is 29.5 Å². The summed E-state index contributed by atoms with van der Waals surface area (Å²) in [6.07, 6.45) is 1.14. The lowest BCUT2D eigenvalue weighted by molar-refractivity contribution is 0.110. The van der Waals surface area contributed by atoms with Gasteiger partial charge in [-0.05, 0) is 47.3 Å². The van der Waals surface area contributed by atoms with Gasteiger partial charge < -0.3 is 18.9 Å². The molecule has 2 heterocycles. The number of rotatable bonds is 5. The molecule has 1 aromatic heterocycles. The van der Waals surface area contributed by atoms with Crippen LogP contribution in [0.1, 0.15) is 30.1 Å². The summed E-state index contributed by atoms with van der Waals surface area (Å²) >= 11 is 12.5. The normalized spacial score (nSPS) is 14.5. The molecular formula is C23H22Cl2N2O4. The zero-order chi connectivity index (χ0) is 21.8. The van der Waals surface area contributed by atoms with Crippen LogP contribution >= 0.6 is 23.2 Å². The van der Waals surface area contributed by atoms with E-state index < -0.39 is 0 Å². The number of carbonyl (C=O) groups excluding carboxylic acids is 1. The molecule has 1 saturated heterocycles. The first-order valence-electron chi connectivity index (χ1n) is 10.0. The summed E-state index contributed by atoms with van der Waals surface area (Å²) in [6.45, 7) is 1.51. The molecule has 0 atom stereocenters. The predicted octanol–water partition coefficient (Wildman–Crippen LogP) is 6.17. The Bertz CT molecular complexity index is 1030. The first-order chi connectivity index (χ1) is 15.0. The highest BCUT2D eigenvalue weighted by Crippen LogP contribution is 2.42. The molecule has 1 fully saturated rings. The molecule has 0 radical (unpaired) electrons. The van der Waals surface area contributed by atoms with E-state index in [1.54, 1.807) is 11.0 Å². The van der Waals surface area contributed by atoms with Crippen LogP contribution in [-0.2, 0) is 11.3 Å². The van der Waals surface area contributed by atoms with E-state index in [-0.39, 0.29) is 12.0 Å². The molecule has 1 aliphatic rings. The van der Waals surface area contributed by atoms with Crippen molar-refractivity contribution in [3.05, 3.63) is 69.9 Å². The number of likely N-dealkylation sites (tertiary alicyclic amines) is 1. The van der Waals surface area contributed by atoms with Crippen LogP contribution in [0.5, 0.6) is 5.88 Å². The third-order valence-corrected chi connectivity index (χ3v) is 5.79. The maximum Gasteiger partial charge on any atom is 0.409 e. The van der Waals surface area contributed by atoms with Crippen LogP contribution in [-0.4, -0.2) is 36.3 Å². The molecule has 0 spiro atoms. The Hall–Kier alpha value is -2.70. The number of amides is 1. The number of nitrogens with zero attached hydrogens (tertiary/aromatic N) is 2. The van der Waals surface area contributed by atoms with E-state index in [1.807, 2.05) is 42.5 Å². The van der Waals surface area contributed by atoms with Gasteiger partial charge in [0.25, 0.3) is 5.88 Å². The molecular weight excluding hydrogens is 439 g/mol. The van der Waals surface area contributed by atoms with Crippen LogP contribution in [0.25, 0.3) is 11.1 Å². The largest absolute Gasteiger partial charge is 0.470 e. The fourth-order valence-electron chi connectivity index (χ4n) is 3.81. The Morgan fingerprint density at radius 2 is 1.81 bits per heavy atom. The molecule has 0 N–H and O–H groups in total. The third kappa shape index (κ3) is 4.97. The second-order valence-electron chi connectivity index (χ2n) is 7.39.